The molecular weight excluding hydrogens is 270 g/mol. The van der Waals surface area contributed by atoms with Crippen molar-refractivity contribution in [1.29, 1.82) is 0 Å². The average molecular weight is 289 g/mol. The van der Waals surface area contributed by atoms with Crippen molar-refractivity contribution >= 4 is 11.9 Å². The molecule has 0 aromatic carbocycles. The Hall–Kier alpha value is -2.02. The Morgan fingerprint density at radius 3 is 3.00 bits per heavy atom. The van der Waals surface area contributed by atoms with E-state index in [9.17, 15) is 9.59 Å². The Balaban J connectivity index is 1.65. The zero-order valence-electron chi connectivity index (χ0n) is 12.1. The molecule has 3 rings (SSSR count). The molecule has 0 spiro atoms. The normalized spacial score (nSPS) is 18.5. The van der Waals surface area contributed by atoms with Gasteiger partial charge in [0.15, 0.2) is 0 Å². The van der Waals surface area contributed by atoms with E-state index in [0.717, 1.165) is 36.5 Å². The van der Waals surface area contributed by atoms with Crippen molar-refractivity contribution in [3.8, 4) is 0 Å². The van der Waals surface area contributed by atoms with Crippen molar-refractivity contribution in [3.63, 3.8) is 0 Å². The van der Waals surface area contributed by atoms with E-state index in [-0.39, 0.29) is 18.5 Å². The Labute approximate surface area is 123 Å². The largest absolute Gasteiger partial charge is 0.336 e. The highest BCUT2D eigenvalue weighted by Gasteiger charge is 2.28. The molecule has 21 heavy (non-hydrogen) atoms. The fourth-order valence-electron chi connectivity index (χ4n) is 2.69. The second-order valence-corrected chi connectivity index (χ2v) is 5.35. The number of imide groups is 1. The van der Waals surface area contributed by atoms with Gasteiger partial charge in [-0.3, -0.25) is 14.6 Å². The van der Waals surface area contributed by atoms with E-state index in [2.05, 4.69) is 15.3 Å². The Morgan fingerprint density at radius 1 is 1.43 bits per heavy atom. The van der Waals surface area contributed by atoms with Gasteiger partial charge in [-0.15, -0.1) is 0 Å². The molecule has 1 aromatic rings. The molecule has 112 valence electrons. The number of amides is 3. The summed E-state index contributed by atoms with van der Waals surface area (Å²) in [5.41, 5.74) is 2.17. The molecule has 0 bridgehead atoms. The molecule has 2 aliphatic rings. The van der Waals surface area contributed by atoms with E-state index >= 15 is 0 Å². The first kappa shape index (κ1) is 13.9. The predicted molar refractivity (Wildman–Crippen MR) is 75.5 cm³/mol. The minimum Gasteiger partial charge on any atom is -0.336 e. The molecule has 0 aliphatic carbocycles. The number of nitrogens with zero attached hydrogens (tertiary/aromatic N) is 4. The molecule has 3 heterocycles. The highest BCUT2D eigenvalue weighted by Crippen LogP contribution is 2.16. The van der Waals surface area contributed by atoms with Crippen molar-refractivity contribution in [3.05, 3.63) is 23.3 Å². The molecule has 1 saturated heterocycles. The quantitative estimate of drug-likeness (QED) is 0.844. The van der Waals surface area contributed by atoms with Gasteiger partial charge in [0.2, 0.25) is 5.91 Å². The summed E-state index contributed by atoms with van der Waals surface area (Å²) in [6.07, 6.45) is 3.55. The van der Waals surface area contributed by atoms with Crippen LogP contribution in [0.15, 0.2) is 6.20 Å². The smallest absolute Gasteiger partial charge is 0.324 e. The van der Waals surface area contributed by atoms with Gasteiger partial charge in [-0.25, -0.2) is 14.8 Å². The van der Waals surface area contributed by atoms with Crippen LogP contribution in [0.4, 0.5) is 4.79 Å². The Morgan fingerprint density at radius 2 is 2.29 bits per heavy atom. The first-order valence-electron chi connectivity index (χ1n) is 7.31. The minimum atomic E-state index is -0.284. The van der Waals surface area contributed by atoms with Crippen LogP contribution >= 0.6 is 0 Å². The zero-order chi connectivity index (χ0) is 14.8. The summed E-state index contributed by atoms with van der Waals surface area (Å²) in [4.78, 5) is 35.8. The molecule has 1 aromatic heterocycles. The third-order valence-corrected chi connectivity index (χ3v) is 3.91. The number of carbonyl (C=O) groups excluding carboxylic acids is 2. The highest BCUT2D eigenvalue weighted by molar-refractivity contribution is 5.96. The van der Waals surface area contributed by atoms with Crippen molar-refractivity contribution in [2.75, 3.05) is 26.2 Å². The number of hydrogen-bond donors (Lipinski definition) is 1. The second kappa shape index (κ2) is 5.77. The third kappa shape index (κ3) is 2.87. The van der Waals surface area contributed by atoms with Gasteiger partial charge in [0, 0.05) is 38.8 Å². The molecule has 0 unspecified atom stereocenters. The Bertz CT molecular complexity index is 574. The number of aromatic nitrogens is 2. The van der Waals surface area contributed by atoms with Crippen LogP contribution in [-0.4, -0.2) is 57.9 Å². The molecule has 7 heteroatoms. The maximum Gasteiger partial charge on any atom is 0.324 e. The Kier molecular flexibility index (Phi) is 3.83. The third-order valence-electron chi connectivity index (χ3n) is 3.91. The van der Waals surface area contributed by atoms with Crippen molar-refractivity contribution in [2.24, 2.45) is 0 Å². The van der Waals surface area contributed by atoms with Crippen LogP contribution in [0.5, 0.6) is 0 Å². The maximum absolute atomic E-state index is 12.1. The van der Waals surface area contributed by atoms with Gasteiger partial charge in [-0.05, 0) is 12.0 Å². The number of urea groups is 1. The minimum absolute atomic E-state index is 0.141. The lowest BCUT2D eigenvalue weighted by molar-refractivity contribution is -0.129. The lowest BCUT2D eigenvalue weighted by atomic mass is 10.1. The first-order chi connectivity index (χ1) is 10.2. The number of nitrogens with one attached hydrogen (secondary N) is 1. The van der Waals surface area contributed by atoms with Crippen LogP contribution < -0.4 is 5.32 Å². The summed E-state index contributed by atoms with van der Waals surface area (Å²) >= 11 is 0. The van der Waals surface area contributed by atoms with Gasteiger partial charge >= 0.3 is 6.03 Å². The summed E-state index contributed by atoms with van der Waals surface area (Å²) in [5, 5.41) is 2.65. The first-order valence-corrected chi connectivity index (χ1v) is 7.31. The summed E-state index contributed by atoms with van der Waals surface area (Å²) in [6.45, 7) is 4.73. The monoisotopic (exact) mass is 289 g/mol. The fraction of sp³-hybridized carbons (Fsp3) is 0.571. The topological polar surface area (TPSA) is 78.4 Å². The number of carbonyl (C=O) groups is 2. The van der Waals surface area contributed by atoms with Crippen LogP contribution in [0.1, 0.15) is 24.0 Å². The summed E-state index contributed by atoms with van der Waals surface area (Å²) in [5.74, 6) is 0.694. The number of aryl methyl sites for hydroxylation is 1. The molecule has 1 fully saturated rings. The van der Waals surface area contributed by atoms with E-state index in [0.29, 0.717) is 19.6 Å². The molecule has 0 saturated carbocycles. The van der Waals surface area contributed by atoms with E-state index < -0.39 is 0 Å². The van der Waals surface area contributed by atoms with E-state index in [1.807, 2.05) is 18.0 Å². The van der Waals surface area contributed by atoms with E-state index in [1.54, 1.807) is 0 Å². The van der Waals surface area contributed by atoms with E-state index in [1.165, 1.54) is 4.90 Å². The van der Waals surface area contributed by atoms with Crippen molar-refractivity contribution < 1.29 is 9.59 Å². The lowest BCUT2D eigenvalue weighted by Gasteiger charge is -2.28. The predicted octanol–water partition coefficient (Wildman–Crippen LogP) is -0.0511. The number of rotatable bonds is 3. The summed E-state index contributed by atoms with van der Waals surface area (Å²) in [7, 11) is 0. The van der Waals surface area contributed by atoms with Crippen LogP contribution in [0.3, 0.4) is 0 Å². The molecule has 3 amide bonds. The molecule has 0 atom stereocenters. The molecule has 1 N–H and O–H groups in total. The zero-order valence-corrected chi connectivity index (χ0v) is 12.1. The van der Waals surface area contributed by atoms with Crippen LogP contribution in [0, 0.1) is 0 Å². The van der Waals surface area contributed by atoms with Gasteiger partial charge in [0.25, 0.3) is 0 Å². The lowest BCUT2D eigenvalue weighted by Crippen LogP contribution is -2.43. The van der Waals surface area contributed by atoms with Crippen LogP contribution in [0.25, 0.3) is 0 Å². The van der Waals surface area contributed by atoms with Gasteiger partial charge < -0.3 is 5.32 Å². The standard InChI is InChI=1S/C14H19N5O2/c1-2-12-16-7-10-3-5-18(8-11(10)17-12)9-13(20)19-6-4-15-14(19)21/h7H,2-6,8-9H2,1H3,(H,15,21). The van der Waals surface area contributed by atoms with Crippen molar-refractivity contribution in [1.82, 2.24) is 25.1 Å². The van der Waals surface area contributed by atoms with Gasteiger partial charge in [0.05, 0.1) is 12.2 Å². The second-order valence-electron chi connectivity index (χ2n) is 5.35. The SMILES string of the molecule is CCc1ncc2c(n1)CN(CC(=O)N1CCNC1=O)CC2. The fourth-order valence-corrected chi connectivity index (χ4v) is 2.69. The molecule has 0 radical (unpaired) electrons. The highest BCUT2D eigenvalue weighted by atomic mass is 16.2. The molecular formula is C14H19N5O2. The maximum atomic E-state index is 12.1. The van der Waals surface area contributed by atoms with Crippen molar-refractivity contribution in [2.45, 2.75) is 26.3 Å². The van der Waals surface area contributed by atoms with Crippen LogP contribution in [0.2, 0.25) is 0 Å². The summed E-state index contributed by atoms with van der Waals surface area (Å²) < 4.78 is 0. The number of fused-ring (bicyclic) bond motifs is 1. The number of hydrogen-bond acceptors (Lipinski definition) is 5. The van der Waals surface area contributed by atoms with E-state index in [4.69, 9.17) is 0 Å². The summed E-state index contributed by atoms with van der Waals surface area (Å²) in [6, 6.07) is -0.284. The molecule has 2 aliphatic heterocycles. The molecule has 7 nitrogen and oxygen atoms in total. The van der Waals surface area contributed by atoms with Gasteiger partial charge in [0.1, 0.15) is 5.82 Å². The average Bonchev–Trinajstić information content (AvgIpc) is 2.92. The van der Waals surface area contributed by atoms with Gasteiger partial charge in [-0.2, -0.15) is 0 Å². The van der Waals surface area contributed by atoms with Gasteiger partial charge in [-0.1, -0.05) is 6.92 Å². The van der Waals surface area contributed by atoms with Crippen LogP contribution in [-0.2, 0) is 24.2 Å².